The monoisotopic (exact) mass is 399 g/mol. The van der Waals surface area contributed by atoms with E-state index in [4.69, 9.17) is 5.73 Å². The van der Waals surface area contributed by atoms with E-state index in [-0.39, 0.29) is 30.7 Å². The van der Waals surface area contributed by atoms with Crippen molar-refractivity contribution in [2.45, 2.75) is 25.0 Å². The first-order valence-corrected chi connectivity index (χ1v) is 9.06. The van der Waals surface area contributed by atoms with Gasteiger partial charge in [0.2, 0.25) is 5.91 Å². The van der Waals surface area contributed by atoms with Crippen molar-refractivity contribution < 1.29 is 4.79 Å². The van der Waals surface area contributed by atoms with Crippen LogP contribution in [0.2, 0.25) is 0 Å². The van der Waals surface area contributed by atoms with Crippen LogP contribution in [0.1, 0.15) is 24.1 Å². The molecule has 0 saturated heterocycles. The molecule has 25 heavy (non-hydrogen) atoms. The molecule has 2 heterocycles. The predicted molar refractivity (Wildman–Crippen MR) is 111 cm³/mol. The third kappa shape index (κ3) is 5.53. The topological polar surface area (TPSA) is 59.2 Å². The standard InChI is InChI=1S/C18H21N3OS.2ClH/c19-16-7-3-8-17-15(16)6-4-11-21(17)18(22)9-12-23-13-14-5-1-2-10-20-14;;/h1-3,5,7-8,10H,4,6,9,11-13,19H2;2*1H. The number of nitrogens with zero attached hydrogens (tertiary/aromatic N) is 2. The Balaban J connectivity index is 0.00000156. The summed E-state index contributed by atoms with van der Waals surface area (Å²) in [5.74, 6) is 1.84. The molecule has 0 spiro atoms. The zero-order chi connectivity index (χ0) is 16.1. The summed E-state index contributed by atoms with van der Waals surface area (Å²) in [5.41, 5.74) is 10.0. The predicted octanol–water partition coefficient (Wildman–Crippen LogP) is 4.11. The lowest BCUT2D eigenvalue weighted by atomic mass is 9.99. The first-order valence-electron chi connectivity index (χ1n) is 7.91. The Kier molecular flexibility index (Phi) is 9.11. The van der Waals surface area contributed by atoms with E-state index in [1.54, 1.807) is 18.0 Å². The van der Waals surface area contributed by atoms with Crippen LogP contribution in [0.4, 0.5) is 11.4 Å². The molecule has 0 saturated carbocycles. The van der Waals surface area contributed by atoms with Gasteiger partial charge >= 0.3 is 0 Å². The van der Waals surface area contributed by atoms with Crippen molar-refractivity contribution in [1.29, 1.82) is 0 Å². The van der Waals surface area contributed by atoms with Crippen molar-refractivity contribution in [1.82, 2.24) is 4.98 Å². The summed E-state index contributed by atoms with van der Waals surface area (Å²) >= 11 is 1.75. The highest BCUT2D eigenvalue weighted by atomic mass is 35.5. The maximum Gasteiger partial charge on any atom is 0.227 e. The number of carbonyl (C=O) groups excluding carboxylic acids is 1. The summed E-state index contributed by atoms with van der Waals surface area (Å²) in [5, 5.41) is 0. The molecule has 7 heteroatoms. The molecule has 1 amide bonds. The van der Waals surface area contributed by atoms with Crippen molar-refractivity contribution in [3.8, 4) is 0 Å². The van der Waals surface area contributed by atoms with Crippen molar-refractivity contribution >= 4 is 53.9 Å². The van der Waals surface area contributed by atoms with Crippen LogP contribution in [-0.2, 0) is 17.0 Å². The highest BCUT2D eigenvalue weighted by Gasteiger charge is 2.23. The number of benzene rings is 1. The molecule has 0 radical (unpaired) electrons. The first-order chi connectivity index (χ1) is 11.3. The maximum absolute atomic E-state index is 12.5. The molecule has 2 aromatic rings. The number of halogens is 2. The third-order valence-electron chi connectivity index (χ3n) is 4.02. The fourth-order valence-electron chi connectivity index (χ4n) is 2.87. The van der Waals surface area contributed by atoms with Crippen LogP contribution in [0.15, 0.2) is 42.6 Å². The van der Waals surface area contributed by atoms with Gasteiger partial charge < -0.3 is 10.6 Å². The number of thioether (sulfide) groups is 1. The molecule has 1 aromatic heterocycles. The summed E-state index contributed by atoms with van der Waals surface area (Å²) in [6, 6.07) is 11.8. The number of hydrogen-bond donors (Lipinski definition) is 1. The second-order valence-corrected chi connectivity index (χ2v) is 6.72. The summed E-state index contributed by atoms with van der Waals surface area (Å²) in [6.07, 6.45) is 4.29. The molecule has 0 bridgehead atoms. The Morgan fingerprint density at radius 1 is 1.20 bits per heavy atom. The molecule has 2 N–H and O–H groups in total. The van der Waals surface area contributed by atoms with Crippen LogP contribution in [0.3, 0.4) is 0 Å². The normalized spacial score (nSPS) is 12.6. The Hall–Kier alpha value is -1.43. The van der Waals surface area contributed by atoms with Gasteiger partial charge in [-0.25, -0.2) is 0 Å². The van der Waals surface area contributed by atoms with Gasteiger partial charge in [-0.2, -0.15) is 11.8 Å². The van der Waals surface area contributed by atoms with E-state index in [1.807, 2.05) is 41.3 Å². The van der Waals surface area contributed by atoms with E-state index in [9.17, 15) is 4.79 Å². The van der Waals surface area contributed by atoms with Crippen LogP contribution in [-0.4, -0.2) is 23.2 Å². The maximum atomic E-state index is 12.5. The minimum absolute atomic E-state index is 0. The molecule has 0 atom stereocenters. The van der Waals surface area contributed by atoms with Gasteiger partial charge in [0.05, 0.1) is 5.69 Å². The van der Waals surface area contributed by atoms with Crippen LogP contribution >= 0.6 is 36.6 Å². The molecular formula is C18H23Cl2N3OS. The van der Waals surface area contributed by atoms with E-state index in [1.165, 1.54) is 0 Å². The van der Waals surface area contributed by atoms with Gasteiger partial charge in [-0.05, 0) is 42.7 Å². The minimum Gasteiger partial charge on any atom is -0.398 e. The second-order valence-electron chi connectivity index (χ2n) is 5.62. The number of fused-ring (bicyclic) bond motifs is 1. The number of pyridine rings is 1. The summed E-state index contributed by atoms with van der Waals surface area (Å²) < 4.78 is 0. The molecule has 0 fully saturated rings. The largest absolute Gasteiger partial charge is 0.398 e. The van der Waals surface area contributed by atoms with Crippen molar-refractivity contribution in [2.75, 3.05) is 22.9 Å². The Morgan fingerprint density at radius 3 is 2.80 bits per heavy atom. The summed E-state index contributed by atoms with van der Waals surface area (Å²) in [4.78, 5) is 18.7. The summed E-state index contributed by atoms with van der Waals surface area (Å²) in [7, 11) is 0. The quantitative estimate of drug-likeness (QED) is 0.606. The van der Waals surface area contributed by atoms with Crippen LogP contribution in [0.5, 0.6) is 0 Å². The van der Waals surface area contributed by atoms with Crippen molar-refractivity contribution in [3.05, 3.63) is 53.9 Å². The molecular weight excluding hydrogens is 377 g/mol. The highest BCUT2D eigenvalue weighted by molar-refractivity contribution is 7.98. The van der Waals surface area contributed by atoms with Crippen molar-refractivity contribution in [2.24, 2.45) is 0 Å². The van der Waals surface area contributed by atoms with Gasteiger partial charge in [-0.1, -0.05) is 12.1 Å². The van der Waals surface area contributed by atoms with Crippen LogP contribution in [0.25, 0.3) is 0 Å². The molecule has 0 aliphatic carbocycles. The fraction of sp³-hybridized carbons (Fsp3) is 0.333. The summed E-state index contributed by atoms with van der Waals surface area (Å²) in [6.45, 7) is 0.792. The van der Waals surface area contributed by atoms with Gasteiger partial charge in [0, 0.05) is 42.0 Å². The zero-order valence-corrected chi connectivity index (χ0v) is 16.3. The average molecular weight is 400 g/mol. The van der Waals surface area contributed by atoms with Crippen LogP contribution in [0, 0.1) is 0 Å². The number of anilines is 2. The molecule has 4 nitrogen and oxygen atoms in total. The van der Waals surface area contributed by atoms with E-state index >= 15 is 0 Å². The molecule has 3 rings (SSSR count). The molecule has 136 valence electrons. The first kappa shape index (κ1) is 21.6. The van der Waals surface area contributed by atoms with Crippen molar-refractivity contribution in [3.63, 3.8) is 0 Å². The number of nitrogen functional groups attached to an aromatic ring is 1. The molecule has 1 aromatic carbocycles. The lowest BCUT2D eigenvalue weighted by molar-refractivity contribution is -0.118. The lowest BCUT2D eigenvalue weighted by Crippen LogP contribution is -2.35. The number of hydrogen-bond acceptors (Lipinski definition) is 4. The van der Waals surface area contributed by atoms with Crippen LogP contribution < -0.4 is 10.6 Å². The van der Waals surface area contributed by atoms with E-state index in [0.717, 1.165) is 53.5 Å². The van der Waals surface area contributed by atoms with Gasteiger partial charge in [-0.15, -0.1) is 24.8 Å². The van der Waals surface area contributed by atoms with E-state index in [0.29, 0.717) is 6.42 Å². The molecule has 0 unspecified atom stereocenters. The SMILES string of the molecule is Cl.Cl.Nc1cccc2c1CCCN2C(=O)CCSCc1ccccn1. The fourth-order valence-corrected chi connectivity index (χ4v) is 3.71. The minimum atomic E-state index is 0. The van der Waals surface area contributed by atoms with Gasteiger partial charge in [0.1, 0.15) is 0 Å². The number of nitrogens with two attached hydrogens (primary N) is 1. The molecule has 1 aliphatic heterocycles. The number of carbonyl (C=O) groups is 1. The number of aromatic nitrogens is 1. The Morgan fingerprint density at radius 2 is 2.04 bits per heavy atom. The van der Waals surface area contributed by atoms with E-state index < -0.39 is 0 Å². The zero-order valence-electron chi connectivity index (χ0n) is 13.9. The number of rotatable bonds is 5. The Labute approximate surface area is 165 Å². The van der Waals surface area contributed by atoms with Gasteiger partial charge in [-0.3, -0.25) is 9.78 Å². The highest BCUT2D eigenvalue weighted by Crippen LogP contribution is 2.31. The van der Waals surface area contributed by atoms with Gasteiger partial charge in [0.15, 0.2) is 0 Å². The smallest absolute Gasteiger partial charge is 0.227 e. The third-order valence-corrected chi connectivity index (χ3v) is 5.02. The van der Waals surface area contributed by atoms with Gasteiger partial charge in [0.25, 0.3) is 0 Å². The lowest BCUT2D eigenvalue weighted by Gasteiger charge is -2.30. The Bertz CT molecular complexity index is 685. The number of amides is 1. The molecule has 1 aliphatic rings. The average Bonchev–Trinajstić information content (AvgIpc) is 2.59. The van der Waals surface area contributed by atoms with E-state index in [2.05, 4.69) is 4.98 Å². The second kappa shape index (κ2) is 10.5.